The Morgan fingerprint density at radius 1 is 0.556 bits per heavy atom. The van der Waals surface area contributed by atoms with Crippen LogP contribution in [0.25, 0.3) is 21.5 Å². The minimum absolute atomic E-state index is 0.0758. The normalized spacial score (nSPS) is 12.7. The second kappa shape index (κ2) is 6.32. The maximum atomic E-state index is 14.3. The molecule has 0 amide bonds. The highest BCUT2D eigenvalue weighted by Crippen LogP contribution is 2.38. The molecule has 0 aliphatic carbocycles. The summed E-state index contributed by atoms with van der Waals surface area (Å²) >= 11 is 0. The monoisotopic (exact) mass is 374 g/mol. The molecule has 6 heteroatoms. The first-order chi connectivity index (χ1) is 12.9. The van der Waals surface area contributed by atoms with E-state index in [9.17, 15) is 27.1 Å². The third-order valence-corrected chi connectivity index (χ3v) is 4.60. The maximum Gasteiger partial charge on any atom is 0.200 e. The predicted octanol–water partition coefficient (Wildman–Crippen LogP) is 5.77. The zero-order valence-corrected chi connectivity index (χ0v) is 13.6. The summed E-state index contributed by atoms with van der Waals surface area (Å²) in [5.74, 6) is -10.5. The number of benzene rings is 4. The number of halogens is 5. The molecule has 1 N–H and O–H groups in total. The lowest BCUT2D eigenvalue weighted by Gasteiger charge is -2.19. The maximum absolute atomic E-state index is 14.3. The first-order valence-corrected chi connectivity index (χ1v) is 8.01. The van der Waals surface area contributed by atoms with Crippen LogP contribution < -0.4 is 0 Å². The third kappa shape index (κ3) is 2.56. The van der Waals surface area contributed by atoms with E-state index in [4.69, 9.17) is 0 Å². The molecular formula is C21H11F5O. The zero-order valence-electron chi connectivity index (χ0n) is 13.6. The van der Waals surface area contributed by atoms with Gasteiger partial charge in [-0.25, -0.2) is 22.0 Å². The Bertz CT molecular complexity index is 1120. The molecule has 0 aliphatic rings. The van der Waals surface area contributed by atoms with Crippen molar-refractivity contribution in [3.63, 3.8) is 0 Å². The van der Waals surface area contributed by atoms with Crippen LogP contribution in [-0.4, -0.2) is 5.11 Å². The first-order valence-electron chi connectivity index (χ1n) is 8.01. The van der Waals surface area contributed by atoms with Gasteiger partial charge in [0.1, 0.15) is 6.10 Å². The molecule has 0 unspecified atom stereocenters. The van der Waals surface area contributed by atoms with Crippen molar-refractivity contribution in [2.75, 3.05) is 0 Å². The summed E-state index contributed by atoms with van der Waals surface area (Å²) in [5.41, 5.74) is -1.19. The zero-order chi connectivity index (χ0) is 19.3. The molecule has 4 aromatic rings. The Morgan fingerprint density at radius 3 is 1.44 bits per heavy atom. The lowest BCUT2D eigenvalue weighted by Crippen LogP contribution is -2.13. The Hall–Kier alpha value is -2.99. The molecule has 0 aliphatic heterocycles. The van der Waals surface area contributed by atoms with Crippen molar-refractivity contribution in [2.24, 2.45) is 0 Å². The quantitative estimate of drug-likeness (QED) is 0.204. The fourth-order valence-corrected chi connectivity index (χ4v) is 3.35. The summed E-state index contributed by atoms with van der Waals surface area (Å²) in [7, 11) is 0. The molecule has 0 bridgehead atoms. The number of rotatable bonds is 2. The largest absolute Gasteiger partial charge is 0.383 e. The highest BCUT2D eigenvalue weighted by atomic mass is 19.2. The standard InChI is InChI=1S/C21H11F5O/c22-16-15(17(23)19(25)20(26)18(16)24)21(27)14-12-7-3-1-5-10(12)9-11-6-2-4-8-13(11)14/h1-9,21,27H/t21-/m1/s1. The van der Waals surface area contributed by atoms with E-state index in [2.05, 4.69) is 0 Å². The summed E-state index contributed by atoms with van der Waals surface area (Å²) < 4.78 is 69.1. The summed E-state index contributed by atoms with van der Waals surface area (Å²) in [6.07, 6.45) is -2.05. The molecule has 0 radical (unpaired) electrons. The smallest absolute Gasteiger partial charge is 0.200 e. The Balaban J connectivity index is 2.11. The summed E-state index contributed by atoms with van der Waals surface area (Å²) in [6.45, 7) is 0. The van der Waals surface area contributed by atoms with E-state index in [1.165, 1.54) is 0 Å². The van der Waals surface area contributed by atoms with Crippen molar-refractivity contribution in [3.8, 4) is 0 Å². The molecular weight excluding hydrogens is 363 g/mol. The first kappa shape index (κ1) is 17.4. The van der Waals surface area contributed by atoms with Crippen LogP contribution in [0, 0.1) is 29.1 Å². The van der Waals surface area contributed by atoms with Gasteiger partial charge in [-0.1, -0.05) is 48.5 Å². The van der Waals surface area contributed by atoms with Gasteiger partial charge in [0.05, 0.1) is 5.56 Å². The van der Waals surface area contributed by atoms with Crippen LogP contribution in [0.15, 0.2) is 54.6 Å². The summed E-state index contributed by atoms with van der Waals surface area (Å²) in [4.78, 5) is 0. The van der Waals surface area contributed by atoms with Crippen molar-refractivity contribution in [1.82, 2.24) is 0 Å². The van der Waals surface area contributed by atoms with Crippen LogP contribution in [0.1, 0.15) is 17.2 Å². The number of aliphatic hydroxyl groups is 1. The topological polar surface area (TPSA) is 20.2 Å². The van der Waals surface area contributed by atoms with Crippen molar-refractivity contribution in [3.05, 3.63) is 94.8 Å². The molecule has 4 rings (SSSR count). The van der Waals surface area contributed by atoms with Gasteiger partial charge < -0.3 is 5.11 Å². The molecule has 0 saturated carbocycles. The Morgan fingerprint density at radius 2 is 0.963 bits per heavy atom. The molecule has 4 aromatic carbocycles. The molecule has 136 valence electrons. The third-order valence-electron chi connectivity index (χ3n) is 4.60. The van der Waals surface area contributed by atoms with Gasteiger partial charge in [-0.3, -0.25) is 0 Å². The van der Waals surface area contributed by atoms with Gasteiger partial charge in [-0.2, -0.15) is 0 Å². The Kier molecular flexibility index (Phi) is 4.08. The van der Waals surface area contributed by atoms with Crippen LogP contribution in [0.2, 0.25) is 0 Å². The van der Waals surface area contributed by atoms with Crippen LogP contribution in [-0.2, 0) is 0 Å². The minimum atomic E-state index is -2.26. The van der Waals surface area contributed by atoms with Crippen LogP contribution in [0.3, 0.4) is 0 Å². The van der Waals surface area contributed by atoms with E-state index in [0.717, 1.165) is 0 Å². The lowest BCUT2D eigenvalue weighted by molar-refractivity contribution is 0.205. The summed E-state index contributed by atoms with van der Waals surface area (Å²) in [6, 6.07) is 15.3. The van der Waals surface area contributed by atoms with Gasteiger partial charge in [0.15, 0.2) is 23.3 Å². The van der Waals surface area contributed by atoms with Crippen molar-refractivity contribution < 1.29 is 27.1 Å². The van der Waals surface area contributed by atoms with Gasteiger partial charge in [-0.15, -0.1) is 0 Å². The van der Waals surface area contributed by atoms with Gasteiger partial charge >= 0.3 is 0 Å². The number of aliphatic hydroxyl groups excluding tert-OH is 1. The van der Waals surface area contributed by atoms with Gasteiger partial charge in [0.2, 0.25) is 5.82 Å². The molecule has 27 heavy (non-hydrogen) atoms. The lowest BCUT2D eigenvalue weighted by atomic mass is 9.90. The molecule has 1 atom stereocenters. The van der Waals surface area contributed by atoms with E-state index in [1.54, 1.807) is 48.5 Å². The van der Waals surface area contributed by atoms with E-state index < -0.39 is 40.8 Å². The second-order valence-corrected chi connectivity index (χ2v) is 6.12. The van der Waals surface area contributed by atoms with Crippen molar-refractivity contribution >= 4 is 21.5 Å². The molecule has 1 nitrogen and oxygen atoms in total. The van der Waals surface area contributed by atoms with Gasteiger partial charge in [0.25, 0.3) is 0 Å². The fourth-order valence-electron chi connectivity index (χ4n) is 3.35. The van der Waals surface area contributed by atoms with Crippen LogP contribution in [0.4, 0.5) is 22.0 Å². The van der Waals surface area contributed by atoms with Crippen molar-refractivity contribution in [2.45, 2.75) is 6.10 Å². The van der Waals surface area contributed by atoms with Crippen molar-refractivity contribution in [1.29, 1.82) is 0 Å². The van der Waals surface area contributed by atoms with Crippen LogP contribution >= 0.6 is 0 Å². The molecule has 0 saturated heterocycles. The Labute approximate surface area is 150 Å². The van der Waals surface area contributed by atoms with E-state index in [1.807, 2.05) is 6.07 Å². The number of hydrogen-bond donors (Lipinski definition) is 1. The highest BCUT2D eigenvalue weighted by Gasteiger charge is 2.31. The molecule has 0 heterocycles. The van der Waals surface area contributed by atoms with E-state index >= 15 is 0 Å². The molecule has 0 fully saturated rings. The second-order valence-electron chi connectivity index (χ2n) is 6.12. The highest BCUT2D eigenvalue weighted by molar-refractivity contribution is 6.02. The van der Waals surface area contributed by atoms with Gasteiger partial charge in [-0.05, 0) is 27.6 Å². The summed E-state index contributed by atoms with van der Waals surface area (Å²) in [5, 5.41) is 13.0. The average molecular weight is 374 g/mol. The van der Waals surface area contributed by atoms with E-state index in [-0.39, 0.29) is 5.56 Å². The SMILES string of the molecule is O[C@@H](c1c(F)c(F)c(F)c(F)c1F)c1c2ccccc2cc2ccccc12. The minimum Gasteiger partial charge on any atom is -0.383 e. The average Bonchev–Trinajstić information content (AvgIpc) is 2.69. The van der Waals surface area contributed by atoms with E-state index in [0.29, 0.717) is 21.5 Å². The fraction of sp³-hybridized carbons (Fsp3) is 0.0476. The number of hydrogen-bond acceptors (Lipinski definition) is 1. The van der Waals surface area contributed by atoms with Crippen LogP contribution in [0.5, 0.6) is 0 Å². The number of fused-ring (bicyclic) bond motifs is 2. The van der Waals surface area contributed by atoms with Gasteiger partial charge in [0, 0.05) is 5.56 Å². The molecule has 0 aromatic heterocycles. The predicted molar refractivity (Wildman–Crippen MR) is 91.7 cm³/mol. The molecule has 0 spiro atoms.